The Hall–Kier alpha value is -0.980. The molecule has 1 aromatic carbocycles. The maximum atomic E-state index is 2.66. The molecule has 0 bridgehead atoms. The van der Waals surface area contributed by atoms with Crippen LogP contribution in [-0.4, -0.2) is 12.6 Å². The van der Waals surface area contributed by atoms with E-state index in [1.165, 1.54) is 57.2 Å². The van der Waals surface area contributed by atoms with E-state index >= 15 is 0 Å². The average molecular weight is 231 g/mol. The van der Waals surface area contributed by atoms with E-state index in [1.54, 1.807) is 0 Å². The van der Waals surface area contributed by atoms with E-state index in [0.717, 1.165) is 6.04 Å². The van der Waals surface area contributed by atoms with Crippen molar-refractivity contribution in [3.63, 3.8) is 0 Å². The summed E-state index contributed by atoms with van der Waals surface area (Å²) in [6.07, 6.45) is 9.64. The molecule has 17 heavy (non-hydrogen) atoms. The normalized spacial score (nSPS) is 17.0. The molecule has 0 amide bonds. The van der Waals surface area contributed by atoms with E-state index in [0.29, 0.717) is 0 Å². The zero-order valence-corrected chi connectivity index (χ0v) is 11.1. The van der Waals surface area contributed by atoms with E-state index in [2.05, 4.69) is 42.2 Å². The van der Waals surface area contributed by atoms with Crippen molar-refractivity contribution in [2.24, 2.45) is 0 Å². The van der Waals surface area contributed by atoms with Crippen molar-refractivity contribution in [3.05, 3.63) is 30.3 Å². The van der Waals surface area contributed by atoms with Crippen LogP contribution in [0.4, 0.5) is 5.69 Å². The summed E-state index contributed by atoms with van der Waals surface area (Å²) in [4.78, 5) is 2.66. The average Bonchev–Trinajstić information content (AvgIpc) is 2.42. The van der Waals surface area contributed by atoms with Crippen molar-refractivity contribution in [1.29, 1.82) is 0 Å². The molecule has 0 radical (unpaired) electrons. The van der Waals surface area contributed by atoms with Gasteiger partial charge in [-0.2, -0.15) is 0 Å². The first kappa shape index (κ1) is 12.5. The molecule has 0 aliphatic heterocycles. The lowest BCUT2D eigenvalue weighted by atomic mass is 9.93. The zero-order valence-electron chi connectivity index (χ0n) is 11.1. The molecule has 1 aliphatic carbocycles. The Bertz CT molecular complexity index is 301. The van der Waals surface area contributed by atoms with Crippen LogP contribution < -0.4 is 4.90 Å². The topological polar surface area (TPSA) is 3.24 Å². The van der Waals surface area contributed by atoms with Gasteiger partial charge in [0.25, 0.3) is 0 Å². The van der Waals surface area contributed by atoms with Crippen LogP contribution in [0.15, 0.2) is 30.3 Å². The zero-order chi connectivity index (χ0) is 11.9. The summed E-state index contributed by atoms with van der Waals surface area (Å²) in [6.45, 7) is 3.51. The standard InChI is InChI=1S/C16H25N/c1-2-3-14-17(15-10-6-4-7-11-15)16-12-8-5-9-13-16/h4,6-7,10-11,16H,2-3,5,8-9,12-14H2,1H3. The van der Waals surface area contributed by atoms with Crippen LogP contribution >= 0.6 is 0 Å². The highest BCUT2D eigenvalue weighted by molar-refractivity contribution is 5.47. The third kappa shape index (κ3) is 3.49. The predicted molar refractivity (Wildman–Crippen MR) is 75.6 cm³/mol. The number of benzene rings is 1. The first-order chi connectivity index (χ1) is 8.42. The van der Waals surface area contributed by atoms with Gasteiger partial charge in [-0.25, -0.2) is 0 Å². The second-order valence-electron chi connectivity index (χ2n) is 5.17. The SMILES string of the molecule is CCCCN(c1ccccc1)C1CCCCC1. The fraction of sp³-hybridized carbons (Fsp3) is 0.625. The molecule has 0 saturated heterocycles. The fourth-order valence-electron chi connectivity index (χ4n) is 2.86. The van der Waals surface area contributed by atoms with Crippen molar-refractivity contribution in [2.45, 2.75) is 57.9 Å². The Labute approximate surface area is 106 Å². The minimum Gasteiger partial charge on any atom is -0.369 e. The number of rotatable bonds is 5. The third-order valence-electron chi connectivity index (χ3n) is 3.86. The fourth-order valence-corrected chi connectivity index (χ4v) is 2.86. The molecule has 1 saturated carbocycles. The lowest BCUT2D eigenvalue weighted by Crippen LogP contribution is -2.37. The van der Waals surface area contributed by atoms with Gasteiger partial charge in [0.15, 0.2) is 0 Å². The molecule has 1 aliphatic rings. The second-order valence-corrected chi connectivity index (χ2v) is 5.17. The summed E-state index contributed by atoms with van der Waals surface area (Å²) in [5.74, 6) is 0. The molecule has 1 fully saturated rings. The van der Waals surface area contributed by atoms with Crippen LogP contribution in [0.2, 0.25) is 0 Å². The van der Waals surface area contributed by atoms with Gasteiger partial charge in [-0.3, -0.25) is 0 Å². The smallest absolute Gasteiger partial charge is 0.0368 e. The minimum absolute atomic E-state index is 0.790. The number of nitrogens with zero attached hydrogens (tertiary/aromatic N) is 1. The summed E-state index contributed by atoms with van der Waals surface area (Å²) in [7, 11) is 0. The van der Waals surface area contributed by atoms with Gasteiger partial charge in [-0.15, -0.1) is 0 Å². The van der Waals surface area contributed by atoms with Crippen molar-refractivity contribution in [1.82, 2.24) is 0 Å². The van der Waals surface area contributed by atoms with Gasteiger partial charge in [-0.1, -0.05) is 50.8 Å². The highest BCUT2D eigenvalue weighted by Crippen LogP contribution is 2.27. The Morgan fingerprint density at radius 3 is 2.41 bits per heavy atom. The van der Waals surface area contributed by atoms with Crippen LogP contribution in [0.25, 0.3) is 0 Å². The predicted octanol–water partition coefficient (Wildman–Crippen LogP) is 4.63. The maximum absolute atomic E-state index is 2.66. The van der Waals surface area contributed by atoms with Crippen LogP contribution in [0.3, 0.4) is 0 Å². The number of hydrogen-bond donors (Lipinski definition) is 0. The summed E-state index contributed by atoms with van der Waals surface area (Å²) < 4.78 is 0. The van der Waals surface area contributed by atoms with Gasteiger partial charge in [-0.05, 0) is 31.4 Å². The van der Waals surface area contributed by atoms with E-state index in [4.69, 9.17) is 0 Å². The first-order valence-electron chi connectivity index (χ1n) is 7.23. The summed E-state index contributed by atoms with van der Waals surface area (Å²) >= 11 is 0. The third-order valence-corrected chi connectivity index (χ3v) is 3.86. The maximum Gasteiger partial charge on any atom is 0.0368 e. The van der Waals surface area contributed by atoms with Crippen molar-refractivity contribution in [2.75, 3.05) is 11.4 Å². The van der Waals surface area contributed by atoms with Crippen LogP contribution in [0.5, 0.6) is 0 Å². The number of para-hydroxylation sites is 1. The molecule has 0 unspecified atom stereocenters. The van der Waals surface area contributed by atoms with Crippen LogP contribution in [-0.2, 0) is 0 Å². The van der Waals surface area contributed by atoms with Crippen molar-refractivity contribution >= 4 is 5.69 Å². The molecule has 1 heteroatoms. The van der Waals surface area contributed by atoms with Crippen LogP contribution in [0, 0.1) is 0 Å². The van der Waals surface area contributed by atoms with Gasteiger partial charge in [0.2, 0.25) is 0 Å². The number of hydrogen-bond acceptors (Lipinski definition) is 1. The molecule has 0 N–H and O–H groups in total. The van der Waals surface area contributed by atoms with E-state index in [9.17, 15) is 0 Å². The number of unbranched alkanes of at least 4 members (excludes halogenated alkanes) is 1. The molecule has 1 aromatic rings. The van der Waals surface area contributed by atoms with E-state index < -0.39 is 0 Å². The first-order valence-corrected chi connectivity index (χ1v) is 7.23. The summed E-state index contributed by atoms with van der Waals surface area (Å²) in [5, 5.41) is 0. The lowest BCUT2D eigenvalue weighted by Gasteiger charge is -2.36. The molecular formula is C16H25N. The quantitative estimate of drug-likeness (QED) is 0.714. The minimum atomic E-state index is 0.790. The molecule has 0 aromatic heterocycles. The lowest BCUT2D eigenvalue weighted by molar-refractivity contribution is 0.412. The highest BCUT2D eigenvalue weighted by atomic mass is 15.2. The van der Waals surface area contributed by atoms with Crippen molar-refractivity contribution < 1.29 is 0 Å². The van der Waals surface area contributed by atoms with Gasteiger partial charge in [0, 0.05) is 18.3 Å². The molecule has 94 valence electrons. The van der Waals surface area contributed by atoms with E-state index in [-0.39, 0.29) is 0 Å². The highest BCUT2D eigenvalue weighted by Gasteiger charge is 2.20. The van der Waals surface area contributed by atoms with Gasteiger partial charge < -0.3 is 4.90 Å². The van der Waals surface area contributed by atoms with Crippen molar-refractivity contribution in [3.8, 4) is 0 Å². The molecule has 2 rings (SSSR count). The largest absolute Gasteiger partial charge is 0.369 e. The molecule has 0 spiro atoms. The summed E-state index contributed by atoms with van der Waals surface area (Å²) in [5.41, 5.74) is 1.42. The molecule has 1 nitrogen and oxygen atoms in total. The van der Waals surface area contributed by atoms with Gasteiger partial charge in [0.1, 0.15) is 0 Å². The monoisotopic (exact) mass is 231 g/mol. The molecular weight excluding hydrogens is 206 g/mol. The summed E-state index contributed by atoms with van der Waals surface area (Å²) in [6, 6.07) is 11.8. The molecule has 0 atom stereocenters. The Kier molecular flexibility index (Phi) is 4.90. The number of anilines is 1. The Balaban J connectivity index is 2.06. The van der Waals surface area contributed by atoms with E-state index in [1.807, 2.05) is 0 Å². The van der Waals surface area contributed by atoms with Crippen LogP contribution in [0.1, 0.15) is 51.9 Å². The Morgan fingerprint density at radius 1 is 1.06 bits per heavy atom. The van der Waals surface area contributed by atoms with Gasteiger partial charge >= 0.3 is 0 Å². The Morgan fingerprint density at radius 2 is 1.76 bits per heavy atom. The molecule has 0 heterocycles. The second kappa shape index (κ2) is 6.68. The van der Waals surface area contributed by atoms with Gasteiger partial charge in [0.05, 0.1) is 0 Å².